The Labute approximate surface area is 95.6 Å². The van der Waals surface area contributed by atoms with Crippen molar-refractivity contribution in [2.45, 2.75) is 0 Å². The summed E-state index contributed by atoms with van der Waals surface area (Å²) in [6.07, 6.45) is 0. The summed E-state index contributed by atoms with van der Waals surface area (Å²) >= 11 is 8.36. The van der Waals surface area contributed by atoms with Crippen molar-refractivity contribution >= 4 is 49.1 Å². The molecule has 0 aliphatic heterocycles. The zero-order valence-electron chi connectivity index (χ0n) is 6.34. The molecule has 0 spiro atoms. The van der Waals surface area contributed by atoms with Gasteiger partial charge in [-0.2, -0.15) is 0 Å². The Morgan fingerprint density at radius 2 is 2.23 bits per heavy atom. The summed E-state index contributed by atoms with van der Waals surface area (Å²) in [5.74, 6) is 0.423. The minimum atomic E-state index is 0.423. The number of imidazole rings is 1. The summed E-state index contributed by atoms with van der Waals surface area (Å²) in [7, 11) is 0. The summed E-state index contributed by atoms with van der Waals surface area (Å²) in [5, 5.41) is 2.01. The van der Waals surface area contributed by atoms with Crippen molar-refractivity contribution in [1.82, 2.24) is 9.97 Å². The topological polar surface area (TPSA) is 54.7 Å². The van der Waals surface area contributed by atoms with Crippen LogP contribution in [0, 0.1) is 0 Å². The standard InChI is InChI=1S/C7H5Br2N3S/c8-3-1-4(13-2-3)5-6(9)12-7(10)11-5/h1-2H,(H3,10,11,12). The van der Waals surface area contributed by atoms with E-state index in [1.54, 1.807) is 11.3 Å². The van der Waals surface area contributed by atoms with E-state index < -0.39 is 0 Å². The third-order valence-electron chi connectivity index (χ3n) is 1.48. The van der Waals surface area contributed by atoms with Gasteiger partial charge in [0.1, 0.15) is 10.3 Å². The highest BCUT2D eigenvalue weighted by molar-refractivity contribution is 9.10. The SMILES string of the molecule is Nc1nc(-c2cc(Br)cs2)c(Br)[nH]1. The fourth-order valence-electron chi connectivity index (χ4n) is 0.970. The van der Waals surface area contributed by atoms with Crippen molar-refractivity contribution in [1.29, 1.82) is 0 Å². The average Bonchev–Trinajstić information content (AvgIpc) is 2.58. The third-order valence-corrected chi connectivity index (χ3v) is 3.75. The van der Waals surface area contributed by atoms with Crippen molar-refractivity contribution in [3.05, 3.63) is 20.5 Å². The molecule has 0 aliphatic rings. The normalized spacial score (nSPS) is 10.6. The Morgan fingerprint density at radius 3 is 2.69 bits per heavy atom. The minimum absolute atomic E-state index is 0.423. The third kappa shape index (κ3) is 1.79. The van der Waals surface area contributed by atoms with E-state index in [2.05, 4.69) is 41.8 Å². The van der Waals surface area contributed by atoms with E-state index in [9.17, 15) is 0 Å². The number of thiophene rings is 1. The summed E-state index contributed by atoms with van der Waals surface area (Å²) in [6, 6.07) is 2.00. The smallest absolute Gasteiger partial charge is 0.198 e. The van der Waals surface area contributed by atoms with Crippen LogP contribution in [0.15, 0.2) is 20.5 Å². The van der Waals surface area contributed by atoms with Crippen molar-refractivity contribution in [3.63, 3.8) is 0 Å². The van der Waals surface area contributed by atoms with Crippen molar-refractivity contribution < 1.29 is 0 Å². The Balaban J connectivity index is 2.51. The highest BCUT2D eigenvalue weighted by Crippen LogP contribution is 2.33. The molecule has 0 saturated carbocycles. The molecule has 0 fully saturated rings. The monoisotopic (exact) mass is 321 g/mol. The zero-order valence-corrected chi connectivity index (χ0v) is 10.3. The lowest BCUT2D eigenvalue weighted by atomic mass is 10.4. The molecule has 0 amide bonds. The molecular formula is C7H5Br2N3S. The lowest BCUT2D eigenvalue weighted by Gasteiger charge is -1.88. The van der Waals surface area contributed by atoms with Crippen LogP contribution in [0.3, 0.4) is 0 Å². The highest BCUT2D eigenvalue weighted by atomic mass is 79.9. The quantitative estimate of drug-likeness (QED) is 0.846. The van der Waals surface area contributed by atoms with Gasteiger partial charge in [-0.1, -0.05) is 0 Å². The van der Waals surface area contributed by atoms with E-state index in [0.717, 1.165) is 19.6 Å². The highest BCUT2D eigenvalue weighted by Gasteiger charge is 2.10. The number of hydrogen-bond acceptors (Lipinski definition) is 3. The number of hydrogen-bond donors (Lipinski definition) is 2. The van der Waals surface area contributed by atoms with Crippen LogP contribution >= 0.6 is 43.2 Å². The Kier molecular flexibility index (Phi) is 2.44. The molecule has 6 heteroatoms. The molecule has 0 radical (unpaired) electrons. The molecule has 0 unspecified atom stereocenters. The van der Waals surface area contributed by atoms with Gasteiger partial charge in [0.15, 0.2) is 5.95 Å². The molecule has 0 aromatic carbocycles. The lowest BCUT2D eigenvalue weighted by Crippen LogP contribution is -1.84. The van der Waals surface area contributed by atoms with Crippen molar-refractivity contribution in [2.24, 2.45) is 0 Å². The molecule has 2 rings (SSSR count). The molecule has 0 aliphatic carbocycles. The van der Waals surface area contributed by atoms with Crippen LogP contribution in [0.25, 0.3) is 10.6 Å². The van der Waals surface area contributed by atoms with Gasteiger partial charge < -0.3 is 10.7 Å². The lowest BCUT2D eigenvalue weighted by molar-refractivity contribution is 1.31. The van der Waals surface area contributed by atoms with Crippen LogP contribution < -0.4 is 5.73 Å². The molecular weight excluding hydrogens is 318 g/mol. The largest absolute Gasteiger partial charge is 0.369 e. The first-order valence-electron chi connectivity index (χ1n) is 3.42. The number of nitrogens with one attached hydrogen (secondary N) is 1. The van der Waals surface area contributed by atoms with E-state index >= 15 is 0 Å². The van der Waals surface area contributed by atoms with Gasteiger partial charge in [0.05, 0.1) is 4.88 Å². The van der Waals surface area contributed by atoms with Gasteiger partial charge in [0.2, 0.25) is 0 Å². The first kappa shape index (κ1) is 9.23. The van der Waals surface area contributed by atoms with Crippen LogP contribution in [0.1, 0.15) is 0 Å². The van der Waals surface area contributed by atoms with E-state index in [1.807, 2.05) is 11.4 Å². The van der Waals surface area contributed by atoms with Crippen LogP contribution in [0.2, 0.25) is 0 Å². The Morgan fingerprint density at radius 1 is 1.46 bits per heavy atom. The summed E-state index contributed by atoms with van der Waals surface area (Å²) in [6.45, 7) is 0. The first-order valence-corrected chi connectivity index (χ1v) is 5.89. The summed E-state index contributed by atoms with van der Waals surface area (Å²) < 4.78 is 1.88. The number of rotatable bonds is 1. The second-order valence-electron chi connectivity index (χ2n) is 2.41. The van der Waals surface area contributed by atoms with Gasteiger partial charge in [-0.15, -0.1) is 11.3 Å². The van der Waals surface area contributed by atoms with Crippen molar-refractivity contribution in [3.8, 4) is 10.6 Å². The molecule has 0 bridgehead atoms. The number of anilines is 1. The maximum atomic E-state index is 5.52. The molecule has 2 aromatic rings. The number of halogens is 2. The molecule has 68 valence electrons. The summed E-state index contributed by atoms with van der Waals surface area (Å²) in [5.41, 5.74) is 6.37. The van der Waals surface area contributed by atoms with Gasteiger partial charge in [-0.3, -0.25) is 0 Å². The molecule has 2 heterocycles. The molecule has 0 saturated heterocycles. The van der Waals surface area contributed by atoms with E-state index in [-0.39, 0.29) is 0 Å². The fourth-order valence-corrected chi connectivity index (χ4v) is 3.03. The second kappa shape index (κ2) is 3.43. The number of nitrogen functional groups attached to an aromatic ring is 1. The van der Waals surface area contributed by atoms with E-state index in [4.69, 9.17) is 5.73 Å². The van der Waals surface area contributed by atoms with Crippen LogP contribution in [-0.2, 0) is 0 Å². The van der Waals surface area contributed by atoms with Crippen LogP contribution in [0.5, 0.6) is 0 Å². The maximum Gasteiger partial charge on any atom is 0.198 e. The van der Waals surface area contributed by atoms with Gasteiger partial charge in [0.25, 0.3) is 0 Å². The number of nitrogens with zero attached hydrogens (tertiary/aromatic N) is 1. The molecule has 3 nitrogen and oxygen atoms in total. The van der Waals surface area contributed by atoms with E-state index in [0.29, 0.717) is 5.95 Å². The van der Waals surface area contributed by atoms with Gasteiger partial charge >= 0.3 is 0 Å². The Bertz CT molecular complexity index is 435. The first-order chi connectivity index (χ1) is 6.16. The Hall–Kier alpha value is -0.330. The number of aromatic amines is 1. The van der Waals surface area contributed by atoms with E-state index in [1.165, 1.54) is 0 Å². The van der Waals surface area contributed by atoms with Gasteiger partial charge in [0, 0.05) is 9.85 Å². The number of nitrogens with two attached hydrogens (primary N) is 1. The molecule has 2 aromatic heterocycles. The predicted octanol–water partition coefficient (Wildman–Crippen LogP) is 3.25. The van der Waals surface area contributed by atoms with Gasteiger partial charge in [-0.25, -0.2) is 4.98 Å². The molecule has 3 N–H and O–H groups in total. The number of aromatic nitrogens is 2. The minimum Gasteiger partial charge on any atom is -0.369 e. The fraction of sp³-hybridized carbons (Fsp3) is 0. The molecule has 13 heavy (non-hydrogen) atoms. The van der Waals surface area contributed by atoms with Crippen LogP contribution in [-0.4, -0.2) is 9.97 Å². The summed E-state index contributed by atoms with van der Waals surface area (Å²) in [4.78, 5) is 8.12. The number of H-pyrrole nitrogens is 1. The van der Waals surface area contributed by atoms with Crippen LogP contribution in [0.4, 0.5) is 5.95 Å². The second-order valence-corrected chi connectivity index (χ2v) is 5.03. The van der Waals surface area contributed by atoms with Crippen molar-refractivity contribution in [2.75, 3.05) is 5.73 Å². The maximum absolute atomic E-state index is 5.52. The predicted molar refractivity (Wildman–Crippen MR) is 61.7 cm³/mol. The molecule has 0 atom stereocenters. The van der Waals surface area contributed by atoms with Gasteiger partial charge in [-0.05, 0) is 37.9 Å². The average molecular weight is 323 g/mol. The zero-order chi connectivity index (χ0) is 9.42.